The molecule has 4 aromatic carbocycles. The van der Waals surface area contributed by atoms with E-state index in [4.69, 9.17) is 14.2 Å². The van der Waals surface area contributed by atoms with Crippen LogP contribution in [0.2, 0.25) is 0 Å². The first-order valence-corrected chi connectivity index (χ1v) is 15.6. The van der Waals surface area contributed by atoms with Crippen molar-refractivity contribution >= 4 is 22.4 Å². The Kier molecular flexibility index (Phi) is 10.1. The Balaban J connectivity index is 1.31. The zero-order valence-electron chi connectivity index (χ0n) is 24.1. The van der Waals surface area contributed by atoms with Gasteiger partial charge in [0.2, 0.25) is 0 Å². The highest BCUT2D eigenvalue weighted by atomic mass is 32.2. The van der Waals surface area contributed by atoms with Crippen molar-refractivity contribution in [2.24, 2.45) is 5.92 Å². The van der Waals surface area contributed by atoms with Gasteiger partial charge in [0, 0.05) is 43.1 Å². The molecule has 42 heavy (non-hydrogen) atoms. The normalized spacial score (nSPS) is 15.3. The second-order valence-electron chi connectivity index (χ2n) is 10.4. The second-order valence-corrected chi connectivity index (χ2v) is 11.9. The van der Waals surface area contributed by atoms with Crippen LogP contribution in [0.3, 0.4) is 0 Å². The molecular weight excluding hydrogens is 551 g/mol. The average molecular weight is 589 g/mol. The molecular formula is C34H37FN2O4S. The molecule has 4 aromatic rings. The van der Waals surface area contributed by atoms with Gasteiger partial charge in [0.15, 0.2) is 0 Å². The largest absolute Gasteiger partial charge is 0.493 e. The molecule has 0 saturated carbocycles. The monoisotopic (exact) mass is 588 g/mol. The molecule has 5 rings (SSSR count). The van der Waals surface area contributed by atoms with Crippen LogP contribution < -0.4 is 19.1 Å². The topological polar surface area (TPSA) is 60.0 Å². The fourth-order valence-electron chi connectivity index (χ4n) is 4.93. The van der Waals surface area contributed by atoms with E-state index in [1.807, 2.05) is 86.6 Å². The van der Waals surface area contributed by atoms with E-state index in [0.717, 1.165) is 59.2 Å². The minimum absolute atomic E-state index is 0.263. The number of benzene rings is 4. The molecule has 1 aliphatic rings. The molecule has 220 valence electrons. The molecule has 1 fully saturated rings. The average Bonchev–Trinajstić information content (AvgIpc) is 3.52. The second kappa shape index (κ2) is 14.3. The summed E-state index contributed by atoms with van der Waals surface area (Å²) in [4.78, 5) is 2.20. The lowest BCUT2D eigenvalue weighted by molar-refractivity contribution is 0.167. The van der Waals surface area contributed by atoms with E-state index in [1.54, 1.807) is 12.1 Å². The molecule has 2 unspecified atom stereocenters. The fraction of sp³-hybridized carbons (Fsp3) is 0.294. The summed E-state index contributed by atoms with van der Waals surface area (Å²) < 4.78 is 46.9. The lowest BCUT2D eigenvalue weighted by Gasteiger charge is -2.28. The first kappa shape index (κ1) is 29.6. The van der Waals surface area contributed by atoms with E-state index in [-0.39, 0.29) is 5.82 Å². The number of nitrogens with one attached hydrogen (secondary N) is 1. The van der Waals surface area contributed by atoms with Gasteiger partial charge in [-0.15, -0.1) is 0 Å². The molecule has 0 aliphatic carbocycles. The molecule has 1 saturated heterocycles. The van der Waals surface area contributed by atoms with Crippen LogP contribution >= 0.6 is 0 Å². The molecule has 8 heteroatoms. The molecule has 6 nitrogen and oxygen atoms in total. The quantitative estimate of drug-likeness (QED) is 0.174. The van der Waals surface area contributed by atoms with Crippen LogP contribution in [0.25, 0.3) is 0 Å². The Hall–Kier alpha value is -3.88. The van der Waals surface area contributed by atoms with Gasteiger partial charge < -0.3 is 23.8 Å². The third kappa shape index (κ3) is 8.11. The Morgan fingerprint density at radius 1 is 0.929 bits per heavy atom. The van der Waals surface area contributed by atoms with Crippen molar-refractivity contribution in [3.8, 4) is 17.2 Å². The fourth-order valence-corrected chi connectivity index (χ4v) is 5.54. The van der Waals surface area contributed by atoms with E-state index in [9.17, 15) is 8.60 Å². The summed E-state index contributed by atoms with van der Waals surface area (Å²) in [5, 5.41) is 0. The smallest absolute Gasteiger partial charge is 0.131 e. The van der Waals surface area contributed by atoms with E-state index < -0.39 is 11.0 Å². The Morgan fingerprint density at radius 3 is 2.45 bits per heavy atom. The number of ether oxygens (including phenoxy) is 3. The molecule has 1 aliphatic heterocycles. The predicted molar refractivity (Wildman–Crippen MR) is 167 cm³/mol. The zero-order chi connectivity index (χ0) is 29.3. The zero-order valence-corrected chi connectivity index (χ0v) is 24.9. The Labute approximate surface area is 250 Å². The lowest BCUT2D eigenvalue weighted by Crippen LogP contribution is -2.23. The van der Waals surface area contributed by atoms with Gasteiger partial charge in [-0.3, -0.25) is 0 Å². The van der Waals surface area contributed by atoms with Crippen molar-refractivity contribution in [1.29, 1.82) is 0 Å². The summed E-state index contributed by atoms with van der Waals surface area (Å²) in [7, 11) is -1.16. The molecule has 0 amide bonds. The standard InChI is InChI=1S/C34H37FN2O4S/c1-3-42(38)36-33-11-6-12-34(25(33)2)37(22-27-7-4-8-29(35)19-27)21-26-13-15-30(16-14-26)41-32-10-5-9-31(20-32)40-24-28-17-18-39-23-28/h4-16,19-20,28,36H,3,17-18,21-24H2,1-2H3. The van der Waals surface area contributed by atoms with Gasteiger partial charge in [-0.25, -0.2) is 8.60 Å². The third-order valence-corrected chi connectivity index (χ3v) is 8.21. The number of nitrogens with zero attached hydrogens (tertiary/aromatic N) is 1. The number of hydrogen-bond acceptors (Lipinski definition) is 5. The number of rotatable bonds is 13. The first-order valence-electron chi connectivity index (χ1n) is 14.3. The summed E-state index contributed by atoms with van der Waals surface area (Å²) in [6.45, 7) is 7.19. The maximum Gasteiger partial charge on any atom is 0.131 e. The van der Waals surface area contributed by atoms with Crippen molar-refractivity contribution in [1.82, 2.24) is 0 Å². The highest BCUT2D eigenvalue weighted by Gasteiger charge is 2.17. The maximum atomic E-state index is 14.0. The summed E-state index contributed by atoms with van der Waals surface area (Å²) in [6.07, 6.45) is 1.03. The SMILES string of the molecule is CCS(=O)Nc1cccc(N(Cc2ccc(Oc3cccc(OCC4CCOC4)c3)cc2)Cc2cccc(F)c2)c1C. The van der Waals surface area contributed by atoms with Gasteiger partial charge >= 0.3 is 0 Å². The van der Waals surface area contributed by atoms with Crippen molar-refractivity contribution in [2.75, 3.05) is 35.2 Å². The summed E-state index contributed by atoms with van der Waals surface area (Å²) >= 11 is 0. The van der Waals surface area contributed by atoms with Crippen LogP contribution in [-0.4, -0.2) is 29.8 Å². The molecule has 0 aromatic heterocycles. The van der Waals surface area contributed by atoms with Gasteiger partial charge in [0.25, 0.3) is 0 Å². The van der Waals surface area contributed by atoms with Crippen LogP contribution in [0, 0.1) is 18.7 Å². The summed E-state index contributed by atoms with van der Waals surface area (Å²) in [6, 6.07) is 28.3. The Bertz CT molecular complexity index is 1490. The van der Waals surface area contributed by atoms with Crippen molar-refractivity contribution < 1.29 is 22.8 Å². The van der Waals surface area contributed by atoms with Crippen molar-refractivity contribution in [3.63, 3.8) is 0 Å². The third-order valence-electron chi connectivity index (χ3n) is 7.24. The van der Waals surface area contributed by atoms with Crippen LogP contribution in [0.4, 0.5) is 15.8 Å². The lowest BCUT2D eigenvalue weighted by atomic mass is 10.1. The van der Waals surface area contributed by atoms with Gasteiger partial charge in [-0.2, -0.15) is 0 Å². The first-order chi connectivity index (χ1) is 20.5. The minimum Gasteiger partial charge on any atom is -0.493 e. The summed E-state index contributed by atoms with van der Waals surface area (Å²) in [5.41, 5.74) is 4.73. The van der Waals surface area contributed by atoms with Crippen LogP contribution in [0.5, 0.6) is 17.2 Å². The van der Waals surface area contributed by atoms with Crippen LogP contribution in [-0.2, 0) is 28.8 Å². The van der Waals surface area contributed by atoms with Gasteiger partial charge in [-0.1, -0.05) is 43.3 Å². The van der Waals surface area contributed by atoms with Crippen LogP contribution in [0.15, 0.2) is 91.0 Å². The Morgan fingerprint density at radius 2 is 1.69 bits per heavy atom. The molecule has 1 N–H and O–H groups in total. The number of hydrogen-bond donors (Lipinski definition) is 1. The van der Waals surface area contributed by atoms with E-state index in [2.05, 4.69) is 9.62 Å². The van der Waals surface area contributed by atoms with Crippen LogP contribution in [0.1, 0.15) is 30.0 Å². The van der Waals surface area contributed by atoms with E-state index in [0.29, 0.717) is 37.1 Å². The molecule has 1 heterocycles. The molecule has 0 radical (unpaired) electrons. The van der Waals surface area contributed by atoms with E-state index in [1.165, 1.54) is 6.07 Å². The highest BCUT2D eigenvalue weighted by Crippen LogP contribution is 2.31. The number of anilines is 2. The molecule has 2 atom stereocenters. The van der Waals surface area contributed by atoms with Crippen molar-refractivity contribution in [3.05, 3.63) is 114 Å². The van der Waals surface area contributed by atoms with E-state index >= 15 is 0 Å². The molecule has 0 bridgehead atoms. The summed E-state index contributed by atoms with van der Waals surface area (Å²) in [5.74, 6) is 2.89. The highest BCUT2D eigenvalue weighted by molar-refractivity contribution is 7.86. The van der Waals surface area contributed by atoms with Gasteiger partial charge in [-0.05, 0) is 78.6 Å². The van der Waals surface area contributed by atoms with Gasteiger partial charge in [0.1, 0.15) is 34.1 Å². The predicted octanol–water partition coefficient (Wildman–Crippen LogP) is 7.64. The van der Waals surface area contributed by atoms with Gasteiger partial charge in [0.05, 0.1) is 18.9 Å². The number of halogens is 1. The maximum absolute atomic E-state index is 14.0. The molecule has 0 spiro atoms. The van der Waals surface area contributed by atoms with Crippen molar-refractivity contribution in [2.45, 2.75) is 33.4 Å². The minimum atomic E-state index is -1.16.